The lowest BCUT2D eigenvalue weighted by atomic mass is 10.1. The molecule has 0 radical (unpaired) electrons. The molecule has 2 aromatic carbocycles. The number of rotatable bonds is 5. The molecule has 21 heavy (non-hydrogen) atoms. The smallest absolute Gasteiger partial charge is 0.251 e. The van der Waals surface area contributed by atoms with Crippen LogP contribution in [0.3, 0.4) is 0 Å². The van der Waals surface area contributed by atoms with Crippen molar-refractivity contribution in [2.45, 2.75) is 27.3 Å². The summed E-state index contributed by atoms with van der Waals surface area (Å²) in [5, 5.41) is 6.23. The van der Waals surface area contributed by atoms with Gasteiger partial charge < -0.3 is 10.6 Å². The number of benzene rings is 2. The lowest BCUT2D eigenvalue weighted by molar-refractivity contribution is 0.0951. The molecule has 0 saturated heterocycles. The Bertz CT molecular complexity index is 618. The second kappa shape index (κ2) is 6.93. The first-order valence-corrected chi connectivity index (χ1v) is 7.28. The van der Waals surface area contributed by atoms with Crippen LogP contribution in [0.2, 0.25) is 0 Å². The van der Waals surface area contributed by atoms with E-state index < -0.39 is 0 Å². The van der Waals surface area contributed by atoms with Crippen molar-refractivity contribution in [3.05, 3.63) is 64.7 Å². The van der Waals surface area contributed by atoms with Crippen molar-refractivity contribution in [1.82, 2.24) is 5.32 Å². The molecule has 0 unspecified atom stereocenters. The van der Waals surface area contributed by atoms with E-state index in [0.717, 1.165) is 23.4 Å². The van der Waals surface area contributed by atoms with Crippen LogP contribution in [0, 0.1) is 13.8 Å². The van der Waals surface area contributed by atoms with Crippen molar-refractivity contribution in [1.29, 1.82) is 0 Å². The highest BCUT2D eigenvalue weighted by atomic mass is 16.1. The molecule has 2 aromatic rings. The number of carbonyl (C=O) groups excluding carboxylic acids is 1. The van der Waals surface area contributed by atoms with Crippen LogP contribution in [0.15, 0.2) is 42.5 Å². The monoisotopic (exact) mass is 282 g/mol. The fourth-order valence-corrected chi connectivity index (χ4v) is 2.18. The van der Waals surface area contributed by atoms with Crippen molar-refractivity contribution < 1.29 is 4.79 Å². The maximum absolute atomic E-state index is 12.2. The molecule has 0 aliphatic heterocycles. The van der Waals surface area contributed by atoms with E-state index >= 15 is 0 Å². The Labute approximate surface area is 126 Å². The molecule has 3 heteroatoms. The molecule has 0 saturated carbocycles. The molecule has 0 spiro atoms. The van der Waals surface area contributed by atoms with Gasteiger partial charge in [-0.2, -0.15) is 0 Å². The number of aryl methyl sites for hydroxylation is 2. The van der Waals surface area contributed by atoms with Gasteiger partial charge in [0.05, 0.1) is 0 Å². The van der Waals surface area contributed by atoms with E-state index in [0.29, 0.717) is 12.1 Å². The molecule has 2 N–H and O–H groups in total. The summed E-state index contributed by atoms with van der Waals surface area (Å²) in [6.07, 6.45) is 0. The fourth-order valence-electron chi connectivity index (χ4n) is 2.18. The second-order valence-corrected chi connectivity index (χ2v) is 5.23. The van der Waals surface area contributed by atoms with Gasteiger partial charge in [-0.3, -0.25) is 4.79 Å². The third kappa shape index (κ3) is 4.09. The lowest BCUT2D eigenvalue weighted by Crippen LogP contribution is -2.22. The van der Waals surface area contributed by atoms with E-state index in [9.17, 15) is 4.79 Å². The van der Waals surface area contributed by atoms with Crippen molar-refractivity contribution >= 4 is 11.6 Å². The first kappa shape index (κ1) is 15.1. The zero-order valence-corrected chi connectivity index (χ0v) is 12.9. The first-order chi connectivity index (χ1) is 10.1. The average molecular weight is 282 g/mol. The Morgan fingerprint density at radius 3 is 2.38 bits per heavy atom. The number of amides is 1. The topological polar surface area (TPSA) is 41.1 Å². The third-order valence-corrected chi connectivity index (χ3v) is 3.43. The summed E-state index contributed by atoms with van der Waals surface area (Å²) in [5.74, 6) is -0.0401. The summed E-state index contributed by atoms with van der Waals surface area (Å²) in [6.45, 7) is 7.54. The highest BCUT2D eigenvalue weighted by Gasteiger charge is 2.07. The number of anilines is 1. The lowest BCUT2D eigenvalue weighted by Gasteiger charge is -2.10. The van der Waals surface area contributed by atoms with E-state index in [1.807, 2.05) is 37.3 Å². The van der Waals surface area contributed by atoms with Crippen LogP contribution < -0.4 is 10.6 Å². The van der Waals surface area contributed by atoms with Crippen LogP contribution in [-0.2, 0) is 6.54 Å². The molecule has 0 aliphatic rings. The van der Waals surface area contributed by atoms with Gasteiger partial charge in [0.15, 0.2) is 0 Å². The number of carbonyl (C=O) groups is 1. The minimum absolute atomic E-state index is 0.0401. The zero-order chi connectivity index (χ0) is 15.2. The standard InChI is InChI=1S/C18H22N2O/c1-4-19-17-10-9-16(11-14(17)3)18(21)20-12-15-7-5-13(2)6-8-15/h5-11,19H,4,12H2,1-3H3,(H,20,21). The molecule has 1 amide bonds. The van der Waals surface area contributed by atoms with Crippen LogP contribution in [0.25, 0.3) is 0 Å². The van der Waals surface area contributed by atoms with Gasteiger partial charge in [0.1, 0.15) is 0 Å². The average Bonchev–Trinajstić information content (AvgIpc) is 2.48. The van der Waals surface area contributed by atoms with E-state index in [2.05, 4.69) is 36.6 Å². The molecule has 0 heterocycles. The van der Waals surface area contributed by atoms with Crippen LogP contribution in [0.5, 0.6) is 0 Å². The maximum Gasteiger partial charge on any atom is 0.251 e. The van der Waals surface area contributed by atoms with Gasteiger partial charge in [-0.05, 0) is 50.1 Å². The van der Waals surface area contributed by atoms with E-state index in [4.69, 9.17) is 0 Å². The second-order valence-electron chi connectivity index (χ2n) is 5.23. The van der Waals surface area contributed by atoms with Crippen LogP contribution in [-0.4, -0.2) is 12.5 Å². The van der Waals surface area contributed by atoms with Gasteiger partial charge in [-0.25, -0.2) is 0 Å². The molecule has 2 rings (SSSR count). The molecule has 0 bridgehead atoms. The molecule has 0 atom stereocenters. The normalized spacial score (nSPS) is 10.2. The van der Waals surface area contributed by atoms with E-state index in [-0.39, 0.29) is 5.91 Å². The predicted octanol–water partition coefficient (Wildman–Crippen LogP) is 3.67. The fraction of sp³-hybridized carbons (Fsp3) is 0.278. The first-order valence-electron chi connectivity index (χ1n) is 7.28. The van der Waals surface area contributed by atoms with E-state index in [1.165, 1.54) is 5.56 Å². The molecular formula is C18H22N2O. The predicted molar refractivity (Wildman–Crippen MR) is 87.7 cm³/mol. The zero-order valence-electron chi connectivity index (χ0n) is 12.9. The molecule has 0 fully saturated rings. The number of nitrogens with one attached hydrogen (secondary N) is 2. The highest BCUT2D eigenvalue weighted by molar-refractivity contribution is 5.94. The SMILES string of the molecule is CCNc1ccc(C(=O)NCc2ccc(C)cc2)cc1C. The highest BCUT2D eigenvalue weighted by Crippen LogP contribution is 2.16. The van der Waals surface area contributed by atoms with Gasteiger partial charge in [-0.15, -0.1) is 0 Å². The Morgan fingerprint density at radius 1 is 1.05 bits per heavy atom. The quantitative estimate of drug-likeness (QED) is 0.878. The minimum atomic E-state index is -0.0401. The van der Waals surface area contributed by atoms with Gasteiger partial charge >= 0.3 is 0 Å². The van der Waals surface area contributed by atoms with Crippen LogP contribution in [0.1, 0.15) is 34.0 Å². The van der Waals surface area contributed by atoms with Crippen molar-refractivity contribution in [2.75, 3.05) is 11.9 Å². The van der Waals surface area contributed by atoms with Crippen LogP contribution >= 0.6 is 0 Å². The summed E-state index contributed by atoms with van der Waals surface area (Å²) in [7, 11) is 0. The molecule has 0 aliphatic carbocycles. The minimum Gasteiger partial charge on any atom is -0.385 e. The van der Waals surface area contributed by atoms with E-state index in [1.54, 1.807) is 0 Å². The number of hydrogen-bond donors (Lipinski definition) is 2. The van der Waals surface area contributed by atoms with Gasteiger partial charge in [0.25, 0.3) is 5.91 Å². The van der Waals surface area contributed by atoms with Gasteiger partial charge in [-0.1, -0.05) is 29.8 Å². The van der Waals surface area contributed by atoms with Crippen molar-refractivity contribution in [3.63, 3.8) is 0 Å². The molecule has 0 aromatic heterocycles. The molecule has 3 nitrogen and oxygen atoms in total. The summed E-state index contributed by atoms with van der Waals surface area (Å²) >= 11 is 0. The van der Waals surface area contributed by atoms with Crippen molar-refractivity contribution in [3.8, 4) is 0 Å². The Balaban J connectivity index is 2.00. The Morgan fingerprint density at radius 2 is 1.76 bits per heavy atom. The molecular weight excluding hydrogens is 260 g/mol. The van der Waals surface area contributed by atoms with Crippen molar-refractivity contribution in [2.24, 2.45) is 0 Å². The Kier molecular flexibility index (Phi) is 4.99. The summed E-state index contributed by atoms with van der Waals surface area (Å²) in [5.41, 5.74) is 5.18. The maximum atomic E-state index is 12.2. The largest absolute Gasteiger partial charge is 0.385 e. The van der Waals surface area contributed by atoms with Crippen LogP contribution in [0.4, 0.5) is 5.69 Å². The molecule has 110 valence electrons. The summed E-state index contributed by atoms with van der Waals surface area (Å²) < 4.78 is 0. The number of hydrogen-bond acceptors (Lipinski definition) is 2. The van der Waals surface area contributed by atoms with Gasteiger partial charge in [0.2, 0.25) is 0 Å². The summed E-state index contributed by atoms with van der Waals surface area (Å²) in [4.78, 5) is 12.2. The Hall–Kier alpha value is -2.29. The van der Waals surface area contributed by atoms with Gasteiger partial charge in [0, 0.05) is 24.3 Å². The third-order valence-electron chi connectivity index (χ3n) is 3.43. The summed E-state index contributed by atoms with van der Waals surface area (Å²) in [6, 6.07) is 13.9.